The molecule has 82 valence electrons. The van der Waals surface area contributed by atoms with Gasteiger partial charge in [-0.3, -0.25) is 9.59 Å². The van der Waals surface area contributed by atoms with E-state index in [4.69, 9.17) is 5.11 Å². The van der Waals surface area contributed by atoms with Gasteiger partial charge in [-0.2, -0.15) is 13.2 Å². The number of aliphatic carboxylic acids is 1. The number of hydrogen-bond donors (Lipinski definition) is 2. The summed E-state index contributed by atoms with van der Waals surface area (Å²) in [6, 6.07) is 0. The van der Waals surface area contributed by atoms with Crippen LogP contribution in [-0.4, -0.2) is 41.2 Å². The molecule has 0 bridgehead atoms. The Morgan fingerprint density at radius 2 is 1.93 bits per heavy atom. The van der Waals surface area contributed by atoms with E-state index in [9.17, 15) is 22.8 Å². The number of carbonyl (C=O) groups is 2. The standard InChI is InChI=1S/C6H8F3NO3S/c7-6(8,9)3-14-2-4(11)10-1-5(12)13/h1-3H2,(H,10,11)(H,12,13). The maximum Gasteiger partial charge on any atom is 0.397 e. The molecule has 0 atom stereocenters. The second-order valence-corrected chi connectivity index (χ2v) is 3.26. The first kappa shape index (κ1) is 13.1. The van der Waals surface area contributed by atoms with E-state index < -0.39 is 36.1 Å². The van der Waals surface area contributed by atoms with Crippen molar-refractivity contribution < 1.29 is 27.9 Å². The molecular weight excluding hydrogens is 223 g/mol. The topological polar surface area (TPSA) is 66.4 Å². The smallest absolute Gasteiger partial charge is 0.397 e. The first-order valence-corrected chi connectivity index (χ1v) is 4.60. The van der Waals surface area contributed by atoms with Crippen molar-refractivity contribution in [3.63, 3.8) is 0 Å². The maximum atomic E-state index is 11.6. The van der Waals surface area contributed by atoms with Gasteiger partial charge in [0.25, 0.3) is 0 Å². The van der Waals surface area contributed by atoms with Crippen LogP contribution in [0.4, 0.5) is 13.2 Å². The van der Waals surface area contributed by atoms with Crippen molar-refractivity contribution in [2.75, 3.05) is 18.1 Å². The highest BCUT2D eigenvalue weighted by Crippen LogP contribution is 2.20. The highest BCUT2D eigenvalue weighted by Gasteiger charge is 2.27. The fourth-order valence-electron chi connectivity index (χ4n) is 0.485. The average molecular weight is 231 g/mol. The lowest BCUT2D eigenvalue weighted by atomic mass is 10.6. The van der Waals surface area contributed by atoms with Crippen LogP contribution in [0, 0.1) is 0 Å². The van der Waals surface area contributed by atoms with E-state index >= 15 is 0 Å². The van der Waals surface area contributed by atoms with Crippen LogP contribution in [0.2, 0.25) is 0 Å². The van der Waals surface area contributed by atoms with Gasteiger partial charge in [-0.05, 0) is 0 Å². The third kappa shape index (κ3) is 9.17. The molecule has 1 amide bonds. The first-order valence-electron chi connectivity index (χ1n) is 3.44. The molecule has 0 fully saturated rings. The summed E-state index contributed by atoms with van der Waals surface area (Å²) in [7, 11) is 0. The molecule has 0 spiro atoms. The summed E-state index contributed by atoms with van der Waals surface area (Å²) >= 11 is 0.390. The lowest BCUT2D eigenvalue weighted by Gasteiger charge is -2.05. The van der Waals surface area contributed by atoms with Gasteiger partial charge in [0.05, 0.1) is 11.5 Å². The molecule has 0 aromatic carbocycles. The van der Waals surface area contributed by atoms with Gasteiger partial charge >= 0.3 is 12.1 Å². The molecule has 0 aliphatic carbocycles. The Labute approximate surface area is 81.9 Å². The van der Waals surface area contributed by atoms with Crippen LogP contribution in [0.15, 0.2) is 0 Å². The van der Waals surface area contributed by atoms with Crippen LogP contribution in [0.25, 0.3) is 0 Å². The van der Waals surface area contributed by atoms with Crippen LogP contribution < -0.4 is 5.32 Å². The number of rotatable bonds is 5. The summed E-state index contributed by atoms with van der Waals surface area (Å²) in [5.74, 6) is -3.47. The van der Waals surface area contributed by atoms with Crippen LogP contribution in [0.5, 0.6) is 0 Å². The van der Waals surface area contributed by atoms with E-state index in [-0.39, 0.29) is 0 Å². The molecule has 0 heterocycles. The molecular formula is C6H8F3NO3S. The van der Waals surface area contributed by atoms with E-state index in [1.807, 2.05) is 5.32 Å². The van der Waals surface area contributed by atoms with Crippen molar-refractivity contribution in [3.05, 3.63) is 0 Å². The van der Waals surface area contributed by atoms with E-state index in [0.717, 1.165) is 0 Å². The van der Waals surface area contributed by atoms with Crippen LogP contribution in [0.1, 0.15) is 0 Å². The average Bonchev–Trinajstić information content (AvgIpc) is 1.98. The van der Waals surface area contributed by atoms with Gasteiger partial charge in [-0.15, -0.1) is 11.8 Å². The van der Waals surface area contributed by atoms with Crippen molar-refractivity contribution >= 4 is 23.6 Å². The van der Waals surface area contributed by atoms with Crippen LogP contribution in [0.3, 0.4) is 0 Å². The minimum Gasteiger partial charge on any atom is -0.480 e. The number of carbonyl (C=O) groups excluding carboxylic acids is 1. The fourth-order valence-corrected chi connectivity index (χ4v) is 1.11. The number of amides is 1. The van der Waals surface area contributed by atoms with Crippen LogP contribution >= 0.6 is 11.8 Å². The Kier molecular flexibility index (Phi) is 5.36. The minimum absolute atomic E-state index is 0.390. The fraction of sp³-hybridized carbons (Fsp3) is 0.667. The van der Waals surface area contributed by atoms with Gasteiger partial charge in [0.1, 0.15) is 6.54 Å². The predicted octanol–water partition coefficient (Wildman–Crippen LogP) is 0.483. The van der Waals surface area contributed by atoms with Gasteiger partial charge < -0.3 is 10.4 Å². The van der Waals surface area contributed by atoms with E-state index in [2.05, 4.69) is 0 Å². The molecule has 0 aromatic heterocycles. The molecule has 0 saturated carbocycles. The van der Waals surface area contributed by atoms with Gasteiger partial charge in [0.2, 0.25) is 5.91 Å². The molecule has 0 aromatic rings. The zero-order chi connectivity index (χ0) is 11.2. The predicted molar refractivity (Wildman–Crippen MR) is 44.0 cm³/mol. The molecule has 0 aliphatic rings. The lowest BCUT2D eigenvalue weighted by molar-refractivity contribution is -0.137. The third-order valence-corrected chi connectivity index (χ3v) is 1.93. The quantitative estimate of drug-likeness (QED) is 0.722. The number of alkyl halides is 3. The van der Waals surface area contributed by atoms with Crippen molar-refractivity contribution in [3.8, 4) is 0 Å². The Morgan fingerprint density at radius 3 is 2.36 bits per heavy atom. The van der Waals surface area contributed by atoms with E-state index in [1.54, 1.807) is 0 Å². The van der Waals surface area contributed by atoms with Crippen molar-refractivity contribution in [1.82, 2.24) is 5.32 Å². The SMILES string of the molecule is O=C(O)CNC(=O)CSCC(F)(F)F. The Morgan fingerprint density at radius 1 is 1.36 bits per heavy atom. The number of carboxylic acid groups (broad SMARTS) is 1. The van der Waals surface area contributed by atoms with E-state index in [1.165, 1.54) is 0 Å². The number of halogens is 3. The van der Waals surface area contributed by atoms with E-state index in [0.29, 0.717) is 11.8 Å². The monoisotopic (exact) mass is 231 g/mol. The normalized spacial score (nSPS) is 11.1. The molecule has 0 saturated heterocycles. The second-order valence-electron chi connectivity index (χ2n) is 2.28. The molecule has 0 rings (SSSR count). The Hall–Kier alpha value is -0.920. The zero-order valence-corrected chi connectivity index (χ0v) is 7.74. The molecule has 8 heteroatoms. The maximum absolute atomic E-state index is 11.6. The number of carboxylic acids is 1. The first-order chi connectivity index (χ1) is 6.31. The summed E-state index contributed by atoms with van der Waals surface area (Å²) < 4.78 is 34.7. The summed E-state index contributed by atoms with van der Waals surface area (Å²) in [5.41, 5.74) is 0. The zero-order valence-electron chi connectivity index (χ0n) is 6.93. The Balaban J connectivity index is 3.50. The summed E-state index contributed by atoms with van der Waals surface area (Å²) in [5, 5.41) is 10.1. The minimum atomic E-state index is -4.31. The van der Waals surface area contributed by atoms with Crippen molar-refractivity contribution in [2.45, 2.75) is 6.18 Å². The molecule has 14 heavy (non-hydrogen) atoms. The lowest BCUT2D eigenvalue weighted by Crippen LogP contribution is -2.31. The molecule has 0 unspecified atom stereocenters. The molecule has 0 radical (unpaired) electrons. The Bertz CT molecular complexity index is 219. The summed E-state index contributed by atoms with van der Waals surface area (Å²) in [6.45, 7) is -0.578. The van der Waals surface area contributed by atoms with Gasteiger partial charge in [0.15, 0.2) is 0 Å². The summed E-state index contributed by atoms with van der Waals surface area (Å²) in [4.78, 5) is 20.6. The van der Waals surface area contributed by atoms with Gasteiger partial charge in [-0.25, -0.2) is 0 Å². The molecule has 4 nitrogen and oxygen atoms in total. The molecule has 2 N–H and O–H groups in total. The highest BCUT2D eigenvalue weighted by molar-refractivity contribution is 8.00. The van der Waals surface area contributed by atoms with Crippen molar-refractivity contribution in [2.24, 2.45) is 0 Å². The molecule has 0 aliphatic heterocycles. The third-order valence-electron chi connectivity index (χ3n) is 0.936. The van der Waals surface area contributed by atoms with Gasteiger partial charge in [-0.1, -0.05) is 0 Å². The van der Waals surface area contributed by atoms with Crippen molar-refractivity contribution in [1.29, 1.82) is 0 Å². The number of hydrogen-bond acceptors (Lipinski definition) is 3. The number of nitrogens with one attached hydrogen (secondary N) is 1. The number of thioether (sulfide) groups is 1. The highest BCUT2D eigenvalue weighted by atomic mass is 32.2. The van der Waals surface area contributed by atoms with Gasteiger partial charge in [0, 0.05) is 0 Å². The summed E-state index contributed by atoms with van der Waals surface area (Å²) in [6.07, 6.45) is -4.31. The largest absolute Gasteiger partial charge is 0.480 e. The second kappa shape index (κ2) is 5.74. The van der Waals surface area contributed by atoms with Crippen LogP contribution in [-0.2, 0) is 9.59 Å².